The van der Waals surface area contributed by atoms with Gasteiger partial charge in [0, 0.05) is 38.2 Å². The van der Waals surface area contributed by atoms with Crippen LogP contribution in [0.5, 0.6) is 0 Å². The van der Waals surface area contributed by atoms with Crippen LogP contribution < -0.4 is 11.1 Å². The van der Waals surface area contributed by atoms with Gasteiger partial charge in [0.25, 0.3) is 5.69 Å². The van der Waals surface area contributed by atoms with E-state index < -0.39 is 10.7 Å². The number of aryl methyl sites for hydroxylation is 1. The zero-order chi connectivity index (χ0) is 18.7. The summed E-state index contributed by atoms with van der Waals surface area (Å²) in [6.07, 6.45) is 2.91. The number of nitro benzene ring substituents is 1. The van der Waals surface area contributed by atoms with Crippen LogP contribution in [0.2, 0.25) is 0 Å². The van der Waals surface area contributed by atoms with Crippen molar-refractivity contribution in [1.29, 1.82) is 0 Å². The van der Waals surface area contributed by atoms with Gasteiger partial charge < -0.3 is 14.6 Å². The normalized spacial score (nSPS) is 16.9. The second-order valence-corrected chi connectivity index (χ2v) is 6.50. The van der Waals surface area contributed by atoms with E-state index in [-0.39, 0.29) is 29.6 Å². The third-order valence-electron chi connectivity index (χ3n) is 4.82. The van der Waals surface area contributed by atoms with Gasteiger partial charge in [0.2, 0.25) is 5.91 Å². The molecule has 1 aliphatic rings. The highest BCUT2D eigenvalue weighted by Crippen LogP contribution is 2.20. The van der Waals surface area contributed by atoms with Gasteiger partial charge >= 0.3 is 5.76 Å². The van der Waals surface area contributed by atoms with Crippen LogP contribution in [0, 0.1) is 10.1 Å². The van der Waals surface area contributed by atoms with Crippen molar-refractivity contribution < 1.29 is 14.1 Å². The van der Waals surface area contributed by atoms with Gasteiger partial charge in [-0.05, 0) is 32.4 Å². The van der Waals surface area contributed by atoms with E-state index in [2.05, 4.69) is 5.32 Å². The second-order valence-electron chi connectivity index (χ2n) is 6.50. The highest BCUT2D eigenvalue weighted by Gasteiger charge is 2.22. The second kappa shape index (κ2) is 9.01. The first-order valence-electron chi connectivity index (χ1n) is 8.72. The van der Waals surface area contributed by atoms with E-state index in [4.69, 9.17) is 4.42 Å². The Labute approximate surface area is 161 Å². The van der Waals surface area contributed by atoms with Crippen molar-refractivity contribution in [3.63, 3.8) is 0 Å². The molecule has 1 saturated heterocycles. The van der Waals surface area contributed by atoms with E-state index in [0.717, 1.165) is 19.4 Å². The summed E-state index contributed by atoms with van der Waals surface area (Å²) in [6, 6.07) is 4.42. The lowest BCUT2D eigenvalue weighted by Crippen LogP contribution is -2.46. The number of aromatic nitrogens is 1. The summed E-state index contributed by atoms with van der Waals surface area (Å²) in [5.74, 6) is -0.484. The molecule has 1 amide bonds. The summed E-state index contributed by atoms with van der Waals surface area (Å²) >= 11 is 0. The molecule has 1 aliphatic heterocycles. The molecule has 148 valence electrons. The van der Waals surface area contributed by atoms with E-state index in [1.807, 2.05) is 11.9 Å². The van der Waals surface area contributed by atoms with Gasteiger partial charge in [0.15, 0.2) is 5.58 Å². The molecule has 0 bridgehead atoms. The maximum atomic E-state index is 12.4. The molecular weight excluding hydrogens is 376 g/mol. The van der Waals surface area contributed by atoms with Crippen LogP contribution in [-0.4, -0.2) is 46.5 Å². The predicted molar refractivity (Wildman–Crippen MR) is 102 cm³/mol. The molecule has 27 heavy (non-hydrogen) atoms. The number of halogens is 1. The number of rotatable bonds is 6. The van der Waals surface area contributed by atoms with Crippen LogP contribution in [0.3, 0.4) is 0 Å². The van der Waals surface area contributed by atoms with Crippen LogP contribution in [0.25, 0.3) is 11.1 Å². The van der Waals surface area contributed by atoms with Crippen molar-refractivity contribution in [3.8, 4) is 0 Å². The Morgan fingerprint density at radius 2 is 2.22 bits per heavy atom. The number of non-ortho nitro benzene ring substituents is 1. The van der Waals surface area contributed by atoms with E-state index in [1.165, 1.54) is 22.8 Å². The monoisotopic (exact) mass is 398 g/mol. The fourth-order valence-electron chi connectivity index (χ4n) is 3.37. The molecule has 2 heterocycles. The highest BCUT2D eigenvalue weighted by atomic mass is 35.5. The van der Waals surface area contributed by atoms with Crippen molar-refractivity contribution in [2.45, 2.75) is 38.3 Å². The predicted octanol–water partition coefficient (Wildman–Crippen LogP) is 1.92. The van der Waals surface area contributed by atoms with Gasteiger partial charge in [-0.25, -0.2) is 4.79 Å². The summed E-state index contributed by atoms with van der Waals surface area (Å²) in [5.41, 5.74) is 0.558. The average Bonchev–Trinajstić information content (AvgIpc) is 2.96. The van der Waals surface area contributed by atoms with Gasteiger partial charge in [0.05, 0.1) is 16.5 Å². The molecular formula is C17H23ClN4O5. The minimum atomic E-state index is -0.568. The number of hydrogen-bond donors (Lipinski definition) is 1. The number of nitrogens with one attached hydrogen (secondary N) is 1. The van der Waals surface area contributed by atoms with E-state index in [0.29, 0.717) is 37.5 Å². The van der Waals surface area contributed by atoms with Crippen LogP contribution in [0.15, 0.2) is 27.4 Å². The number of fused-ring (bicyclic) bond motifs is 1. The molecule has 3 rings (SSSR count). The van der Waals surface area contributed by atoms with Gasteiger partial charge in [0.1, 0.15) is 0 Å². The molecule has 0 aliphatic carbocycles. The summed E-state index contributed by atoms with van der Waals surface area (Å²) in [6.45, 7) is 1.82. The number of nitrogens with zero attached hydrogens (tertiary/aromatic N) is 3. The number of carbonyl (C=O) groups is 1. The number of likely N-dealkylation sites (tertiary alicyclic amines) is 1. The van der Waals surface area contributed by atoms with Crippen molar-refractivity contribution in [3.05, 3.63) is 38.9 Å². The summed E-state index contributed by atoms with van der Waals surface area (Å²) in [7, 11) is 1.90. The lowest BCUT2D eigenvalue weighted by Gasteiger charge is -2.32. The van der Waals surface area contributed by atoms with Crippen molar-refractivity contribution in [2.24, 2.45) is 0 Å². The average molecular weight is 399 g/mol. The van der Waals surface area contributed by atoms with Gasteiger partial charge in [-0.2, -0.15) is 0 Å². The van der Waals surface area contributed by atoms with Crippen LogP contribution in [0.4, 0.5) is 5.69 Å². The number of hydrogen-bond acceptors (Lipinski definition) is 6. The smallest absolute Gasteiger partial charge is 0.407 e. The molecule has 0 radical (unpaired) electrons. The Balaban J connectivity index is 0.00000261. The molecule has 0 saturated carbocycles. The first-order valence-corrected chi connectivity index (χ1v) is 8.72. The van der Waals surface area contributed by atoms with Crippen molar-refractivity contribution in [2.75, 3.05) is 20.1 Å². The molecule has 1 unspecified atom stereocenters. The number of benzene rings is 1. The fraction of sp³-hybridized carbons (Fsp3) is 0.529. The van der Waals surface area contributed by atoms with E-state index >= 15 is 0 Å². The van der Waals surface area contributed by atoms with E-state index in [9.17, 15) is 19.7 Å². The van der Waals surface area contributed by atoms with Crippen LogP contribution in [0.1, 0.15) is 25.7 Å². The molecule has 0 spiro atoms. The Morgan fingerprint density at radius 3 is 2.93 bits per heavy atom. The van der Waals surface area contributed by atoms with Crippen LogP contribution >= 0.6 is 12.4 Å². The molecule has 1 aromatic carbocycles. The van der Waals surface area contributed by atoms with Gasteiger partial charge in [-0.15, -0.1) is 12.4 Å². The quantitative estimate of drug-likeness (QED) is 0.587. The number of oxazole rings is 1. The third-order valence-corrected chi connectivity index (χ3v) is 4.82. The third kappa shape index (κ3) is 4.67. The minimum absolute atomic E-state index is 0. The number of amides is 1. The highest BCUT2D eigenvalue weighted by molar-refractivity contribution is 5.85. The number of likely N-dealkylation sites (N-methyl/N-ethyl adjacent to an activating group) is 1. The van der Waals surface area contributed by atoms with Crippen molar-refractivity contribution in [1.82, 2.24) is 14.8 Å². The van der Waals surface area contributed by atoms with Gasteiger partial charge in [-0.3, -0.25) is 19.5 Å². The SMILES string of the molecule is CNC1CCCN(C(=O)CCCn2c(=O)oc3cc([N+](=O)[O-])ccc32)C1.Cl. The van der Waals surface area contributed by atoms with E-state index in [1.54, 1.807) is 0 Å². The molecule has 1 aromatic heterocycles. The molecule has 1 N–H and O–H groups in total. The topological polar surface area (TPSA) is 111 Å². The standard InChI is InChI=1S/C17H22N4O5.ClH/c1-18-12-4-2-8-19(11-12)16(22)5-3-9-20-14-7-6-13(21(24)25)10-15(14)26-17(20)23;/h6-7,10,12,18H,2-5,8-9,11H2,1H3;1H. The molecule has 10 heteroatoms. The fourth-order valence-corrected chi connectivity index (χ4v) is 3.37. The van der Waals surface area contributed by atoms with Crippen LogP contribution in [-0.2, 0) is 11.3 Å². The maximum absolute atomic E-state index is 12.4. The molecule has 1 fully saturated rings. The number of carbonyl (C=O) groups excluding carboxylic acids is 1. The molecule has 9 nitrogen and oxygen atoms in total. The lowest BCUT2D eigenvalue weighted by atomic mass is 10.1. The summed E-state index contributed by atoms with van der Waals surface area (Å²) in [5, 5.41) is 14.0. The summed E-state index contributed by atoms with van der Waals surface area (Å²) in [4.78, 5) is 36.5. The Morgan fingerprint density at radius 1 is 1.44 bits per heavy atom. The Bertz CT molecular complexity index is 878. The Hall–Kier alpha value is -2.39. The number of nitro groups is 1. The van der Waals surface area contributed by atoms with Crippen molar-refractivity contribution >= 4 is 35.1 Å². The maximum Gasteiger partial charge on any atom is 0.419 e. The first kappa shape index (κ1) is 20.9. The summed E-state index contributed by atoms with van der Waals surface area (Å²) < 4.78 is 6.51. The number of piperidine rings is 1. The first-order chi connectivity index (χ1) is 12.5. The zero-order valence-corrected chi connectivity index (χ0v) is 15.9. The molecule has 1 atom stereocenters. The Kier molecular flexibility index (Phi) is 6.98. The largest absolute Gasteiger partial charge is 0.419 e. The zero-order valence-electron chi connectivity index (χ0n) is 15.1. The van der Waals surface area contributed by atoms with Gasteiger partial charge in [-0.1, -0.05) is 0 Å². The minimum Gasteiger partial charge on any atom is -0.407 e. The molecule has 2 aromatic rings. The lowest BCUT2D eigenvalue weighted by molar-refractivity contribution is -0.384.